The number of hydrogen-bond donors (Lipinski definition) is 2. The van der Waals surface area contributed by atoms with E-state index in [1.54, 1.807) is 13.0 Å². The Balaban J connectivity index is 2.43. The summed E-state index contributed by atoms with van der Waals surface area (Å²) < 4.78 is 18.8. The average molecular weight is 283 g/mol. The maximum Gasteiger partial charge on any atom is 0.257 e. The summed E-state index contributed by atoms with van der Waals surface area (Å²) in [4.78, 5) is 11.5. The van der Waals surface area contributed by atoms with Gasteiger partial charge in [0.25, 0.3) is 5.91 Å². The lowest BCUT2D eigenvalue weighted by atomic mass is 10.1. The molecule has 1 aromatic rings. The van der Waals surface area contributed by atoms with Crippen LogP contribution >= 0.6 is 0 Å². The highest BCUT2D eigenvalue weighted by atomic mass is 19.1. The zero-order valence-corrected chi connectivity index (χ0v) is 12.1. The van der Waals surface area contributed by atoms with E-state index in [2.05, 4.69) is 19.2 Å². The molecule has 112 valence electrons. The van der Waals surface area contributed by atoms with Gasteiger partial charge >= 0.3 is 0 Å². The lowest BCUT2D eigenvalue weighted by molar-refractivity contribution is -0.123. The molecule has 1 unspecified atom stereocenters. The average Bonchev–Trinajstić information content (AvgIpc) is 2.36. The molecule has 4 nitrogen and oxygen atoms in total. The zero-order valence-electron chi connectivity index (χ0n) is 12.1. The van der Waals surface area contributed by atoms with Crippen molar-refractivity contribution >= 4 is 5.91 Å². The Morgan fingerprint density at radius 2 is 2.10 bits per heavy atom. The van der Waals surface area contributed by atoms with Crippen LogP contribution in [-0.2, 0) is 4.79 Å². The number of benzene rings is 1. The van der Waals surface area contributed by atoms with E-state index in [0.29, 0.717) is 18.0 Å². The molecule has 0 saturated carbocycles. The van der Waals surface area contributed by atoms with Gasteiger partial charge in [0.1, 0.15) is 0 Å². The number of nitrogens with one attached hydrogen (secondary N) is 1. The van der Waals surface area contributed by atoms with Gasteiger partial charge in [0.2, 0.25) is 0 Å². The van der Waals surface area contributed by atoms with Gasteiger partial charge < -0.3 is 15.2 Å². The first-order valence-corrected chi connectivity index (χ1v) is 6.77. The minimum atomic E-state index is -0.738. The highest BCUT2D eigenvalue weighted by Gasteiger charge is 2.09. The fourth-order valence-corrected chi connectivity index (χ4v) is 1.59. The second-order valence-corrected chi connectivity index (χ2v) is 5.19. The van der Waals surface area contributed by atoms with Crippen molar-refractivity contribution in [2.45, 2.75) is 33.3 Å². The maximum absolute atomic E-state index is 13.7. The monoisotopic (exact) mass is 283 g/mol. The van der Waals surface area contributed by atoms with E-state index in [4.69, 9.17) is 4.74 Å². The van der Waals surface area contributed by atoms with Crippen molar-refractivity contribution in [1.29, 1.82) is 0 Å². The predicted octanol–water partition coefficient (Wildman–Crippen LogP) is 2.42. The molecular weight excluding hydrogens is 261 g/mol. The molecule has 0 aromatic heterocycles. The van der Waals surface area contributed by atoms with Crippen LogP contribution in [-0.4, -0.2) is 24.2 Å². The van der Waals surface area contributed by atoms with Gasteiger partial charge in [0.05, 0.1) is 6.10 Å². The Bertz CT molecular complexity index is 447. The Morgan fingerprint density at radius 1 is 1.40 bits per heavy atom. The normalized spacial score (nSPS) is 12.3. The summed E-state index contributed by atoms with van der Waals surface area (Å²) in [5.41, 5.74) is 0.469. The van der Waals surface area contributed by atoms with Gasteiger partial charge in [-0.05, 0) is 37.0 Å². The number of ether oxygens (including phenoxy) is 1. The fourth-order valence-electron chi connectivity index (χ4n) is 1.59. The predicted molar refractivity (Wildman–Crippen MR) is 75.0 cm³/mol. The first-order chi connectivity index (χ1) is 9.40. The van der Waals surface area contributed by atoms with Crippen molar-refractivity contribution in [2.24, 2.45) is 5.92 Å². The molecule has 0 aliphatic rings. The molecule has 5 heteroatoms. The van der Waals surface area contributed by atoms with Crippen molar-refractivity contribution in [3.8, 4) is 5.75 Å². The van der Waals surface area contributed by atoms with Crippen LogP contribution in [0.4, 0.5) is 4.39 Å². The van der Waals surface area contributed by atoms with E-state index in [1.807, 2.05) is 0 Å². The Hall–Kier alpha value is -1.62. The smallest absolute Gasteiger partial charge is 0.257 e. The summed E-state index contributed by atoms with van der Waals surface area (Å²) in [6.07, 6.45) is 0.154. The largest absolute Gasteiger partial charge is 0.481 e. The van der Waals surface area contributed by atoms with Gasteiger partial charge in [-0.1, -0.05) is 19.9 Å². The Labute approximate surface area is 119 Å². The third kappa shape index (κ3) is 5.57. The highest BCUT2D eigenvalue weighted by molar-refractivity contribution is 5.77. The molecule has 1 amide bonds. The quantitative estimate of drug-likeness (QED) is 0.808. The van der Waals surface area contributed by atoms with E-state index in [-0.39, 0.29) is 18.3 Å². The van der Waals surface area contributed by atoms with Crippen LogP contribution in [0.2, 0.25) is 0 Å². The molecule has 0 saturated heterocycles. The van der Waals surface area contributed by atoms with Crippen molar-refractivity contribution in [3.63, 3.8) is 0 Å². The summed E-state index contributed by atoms with van der Waals surface area (Å²) in [6, 6.07) is 4.19. The summed E-state index contributed by atoms with van der Waals surface area (Å²) in [5.74, 6) is -0.335. The molecule has 1 atom stereocenters. The second-order valence-electron chi connectivity index (χ2n) is 5.19. The van der Waals surface area contributed by atoms with Gasteiger partial charge in [-0.2, -0.15) is 0 Å². The van der Waals surface area contributed by atoms with Gasteiger partial charge in [-0.3, -0.25) is 4.79 Å². The van der Waals surface area contributed by atoms with Gasteiger partial charge in [-0.15, -0.1) is 0 Å². The topological polar surface area (TPSA) is 58.6 Å². The van der Waals surface area contributed by atoms with Gasteiger partial charge in [0.15, 0.2) is 18.2 Å². The third-order valence-corrected chi connectivity index (χ3v) is 2.84. The molecule has 20 heavy (non-hydrogen) atoms. The maximum atomic E-state index is 13.7. The van der Waals surface area contributed by atoms with Gasteiger partial charge in [0, 0.05) is 6.54 Å². The van der Waals surface area contributed by atoms with E-state index in [9.17, 15) is 14.3 Å². The number of aliphatic hydroxyl groups excluding tert-OH is 1. The van der Waals surface area contributed by atoms with Crippen LogP contribution in [0.25, 0.3) is 0 Å². The number of carbonyl (C=O) groups excluding carboxylic acids is 1. The number of rotatable bonds is 7. The van der Waals surface area contributed by atoms with Crippen LogP contribution in [0.3, 0.4) is 0 Å². The van der Waals surface area contributed by atoms with E-state index < -0.39 is 11.9 Å². The van der Waals surface area contributed by atoms with Crippen LogP contribution in [0, 0.1) is 11.7 Å². The number of carbonyl (C=O) groups is 1. The van der Waals surface area contributed by atoms with E-state index in [1.165, 1.54) is 12.1 Å². The number of hydrogen-bond acceptors (Lipinski definition) is 3. The molecule has 2 N–H and O–H groups in total. The third-order valence-electron chi connectivity index (χ3n) is 2.84. The number of amides is 1. The fraction of sp³-hybridized carbons (Fsp3) is 0.533. The van der Waals surface area contributed by atoms with Crippen molar-refractivity contribution in [1.82, 2.24) is 5.32 Å². The SMILES string of the molecule is CC(C)CCNC(=O)COc1ccc(C(C)O)cc1F. The summed E-state index contributed by atoms with van der Waals surface area (Å²) in [7, 11) is 0. The summed E-state index contributed by atoms with van der Waals surface area (Å²) >= 11 is 0. The van der Waals surface area contributed by atoms with Crippen LogP contribution in [0.5, 0.6) is 5.75 Å². The molecule has 0 aliphatic heterocycles. The minimum Gasteiger partial charge on any atom is -0.481 e. The number of halogens is 1. The first-order valence-electron chi connectivity index (χ1n) is 6.77. The molecular formula is C15H22FNO3. The van der Waals surface area contributed by atoms with Crippen molar-refractivity contribution in [2.75, 3.05) is 13.2 Å². The van der Waals surface area contributed by atoms with E-state index >= 15 is 0 Å². The molecule has 0 heterocycles. The molecule has 0 bridgehead atoms. The summed E-state index contributed by atoms with van der Waals surface area (Å²) in [6.45, 7) is 6.06. The van der Waals surface area contributed by atoms with Crippen molar-refractivity contribution < 1.29 is 19.0 Å². The van der Waals surface area contributed by atoms with Crippen LogP contribution in [0.1, 0.15) is 38.9 Å². The van der Waals surface area contributed by atoms with Gasteiger partial charge in [-0.25, -0.2) is 4.39 Å². The molecule has 0 fully saturated rings. The standard InChI is InChI=1S/C15H22FNO3/c1-10(2)6-7-17-15(19)9-20-14-5-4-12(11(3)18)8-13(14)16/h4-5,8,10-11,18H,6-7,9H2,1-3H3,(H,17,19). The summed E-state index contributed by atoms with van der Waals surface area (Å²) in [5, 5.41) is 12.0. The Morgan fingerprint density at radius 3 is 2.65 bits per heavy atom. The van der Waals surface area contributed by atoms with E-state index in [0.717, 1.165) is 6.42 Å². The zero-order chi connectivity index (χ0) is 15.1. The molecule has 0 aliphatic carbocycles. The molecule has 0 spiro atoms. The van der Waals surface area contributed by atoms with Crippen LogP contribution < -0.4 is 10.1 Å². The number of aliphatic hydroxyl groups is 1. The van der Waals surface area contributed by atoms with Crippen molar-refractivity contribution in [3.05, 3.63) is 29.6 Å². The first kappa shape index (κ1) is 16.4. The molecule has 0 radical (unpaired) electrons. The lowest BCUT2D eigenvalue weighted by Crippen LogP contribution is -2.30. The lowest BCUT2D eigenvalue weighted by Gasteiger charge is -2.11. The Kier molecular flexibility index (Phi) is 6.45. The highest BCUT2D eigenvalue weighted by Crippen LogP contribution is 2.21. The van der Waals surface area contributed by atoms with Crippen LogP contribution in [0.15, 0.2) is 18.2 Å². The second kappa shape index (κ2) is 7.85. The molecule has 1 rings (SSSR count). The minimum absolute atomic E-state index is 0.00779. The molecule has 1 aromatic carbocycles.